The molecule has 1 amide bonds. The first-order valence-corrected chi connectivity index (χ1v) is 8.23. The first-order valence-electron chi connectivity index (χ1n) is 8.23. The molecule has 130 valence electrons. The number of fused-ring (bicyclic) bond motifs is 1. The number of carbonyl (C=O) groups excluding carboxylic acids is 1. The molecule has 1 aromatic carbocycles. The SMILES string of the molecule is Cc1cc(C#N)cnc1C(=O)Nc1ccc2[nH]nc(-c3ccccn3)c2c1. The summed E-state index contributed by atoms with van der Waals surface area (Å²) in [6, 6.07) is 14.8. The van der Waals surface area contributed by atoms with Crippen LogP contribution in [-0.4, -0.2) is 26.1 Å². The fourth-order valence-corrected chi connectivity index (χ4v) is 2.85. The van der Waals surface area contributed by atoms with Crippen LogP contribution in [0.25, 0.3) is 22.3 Å². The molecule has 0 bridgehead atoms. The molecule has 0 saturated heterocycles. The Kier molecular flexibility index (Phi) is 4.07. The predicted octanol–water partition coefficient (Wildman–Crippen LogP) is 3.45. The lowest BCUT2D eigenvalue weighted by molar-refractivity contribution is 0.102. The third kappa shape index (κ3) is 3.12. The summed E-state index contributed by atoms with van der Waals surface area (Å²) in [5, 5.41) is 19.9. The Balaban J connectivity index is 1.67. The van der Waals surface area contributed by atoms with Gasteiger partial charge in [0, 0.05) is 23.5 Å². The number of aromatic nitrogens is 4. The zero-order valence-electron chi connectivity index (χ0n) is 14.4. The number of amides is 1. The van der Waals surface area contributed by atoms with Crippen molar-refractivity contribution >= 4 is 22.5 Å². The van der Waals surface area contributed by atoms with Crippen LogP contribution in [0, 0.1) is 18.3 Å². The second-order valence-electron chi connectivity index (χ2n) is 6.00. The Morgan fingerprint density at radius 3 is 2.81 bits per heavy atom. The third-order valence-corrected chi connectivity index (χ3v) is 4.15. The zero-order valence-corrected chi connectivity index (χ0v) is 14.4. The van der Waals surface area contributed by atoms with E-state index in [4.69, 9.17) is 5.26 Å². The van der Waals surface area contributed by atoms with E-state index < -0.39 is 0 Å². The molecule has 0 spiro atoms. The lowest BCUT2D eigenvalue weighted by atomic mass is 10.1. The number of aryl methyl sites for hydroxylation is 1. The van der Waals surface area contributed by atoms with Crippen molar-refractivity contribution in [2.24, 2.45) is 0 Å². The van der Waals surface area contributed by atoms with Gasteiger partial charge in [0.25, 0.3) is 5.91 Å². The molecular weight excluding hydrogens is 340 g/mol. The monoisotopic (exact) mass is 354 g/mol. The van der Waals surface area contributed by atoms with Crippen molar-refractivity contribution in [2.75, 3.05) is 5.32 Å². The Hall–Kier alpha value is -4.05. The van der Waals surface area contributed by atoms with Gasteiger partial charge in [0.15, 0.2) is 0 Å². The molecule has 4 aromatic rings. The molecule has 0 aliphatic carbocycles. The molecule has 27 heavy (non-hydrogen) atoms. The standard InChI is InChI=1S/C20H14N6O/c1-12-8-13(10-21)11-23-18(12)20(27)24-14-5-6-16-15(9-14)19(26-25-16)17-4-2-3-7-22-17/h2-9,11H,1H3,(H,24,27)(H,25,26). The molecule has 0 saturated carbocycles. The minimum atomic E-state index is -0.334. The minimum Gasteiger partial charge on any atom is -0.321 e. The molecule has 3 aromatic heterocycles. The number of anilines is 1. The number of carbonyl (C=O) groups is 1. The molecule has 0 atom stereocenters. The number of benzene rings is 1. The highest BCUT2D eigenvalue weighted by molar-refractivity contribution is 6.05. The number of pyridine rings is 2. The number of aromatic amines is 1. The van der Waals surface area contributed by atoms with Gasteiger partial charge in [-0.05, 0) is 48.9 Å². The Labute approximate surface area is 154 Å². The summed E-state index contributed by atoms with van der Waals surface area (Å²) in [6.45, 7) is 1.75. The van der Waals surface area contributed by atoms with Gasteiger partial charge in [-0.3, -0.25) is 14.9 Å². The maximum absolute atomic E-state index is 12.6. The first kappa shape index (κ1) is 16.4. The fraction of sp³-hybridized carbons (Fsp3) is 0.0500. The quantitative estimate of drug-likeness (QED) is 0.586. The second kappa shape index (κ2) is 6.69. The highest BCUT2D eigenvalue weighted by Crippen LogP contribution is 2.27. The molecule has 0 radical (unpaired) electrons. The van der Waals surface area contributed by atoms with Crippen LogP contribution in [0.15, 0.2) is 54.9 Å². The van der Waals surface area contributed by atoms with Gasteiger partial charge in [-0.25, -0.2) is 4.98 Å². The number of hydrogen-bond donors (Lipinski definition) is 2. The van der Waals surface area contributed by atoms with Crippen LogP contribution in [0.2, 0.25) is 0 Å². The van der Waals surface area contributed by atoms with Crippen LogP contribution < -0.4 is 5.32 Å². The molecule has 7 heteroatoms. The molecule has 4 rings (SSSR count). The van der Waals surface area contributed by atoms with Crippen LogP contribution in [0.5, 0.6) is 0 Å². The van der Waals surface area contributed by atoms with E-state index in [0.29, 0.717) is 16.8 Å². The molecule has 7 nitrogen and oxygen atoms in total. The highest BCUT2D eigenvalue weighted by Gasteiger charge is 2.14. The minimum absolute atomic E-state index is 0.284. The number of nitriles is 1. The van der Waals surface area contributed by atoms with Crippen molar-refractivity contribution in [3.05, 3.63) is 71.7 Å². The van der Waals surface area contributed by atoms with Crippen molar-refractivity contribution in [2.45, 2.75) is 6.92 Å². The van der Waals surface area contributed by atoms with E-state index in [2.05, 4.69) is 25.5 Å². The van der Waals surface area contributed by atoms with E-state index in [1.54, 1.807) is 25.3 Å². The maximum atomic E-state index is 12.6. The van der Waals surface area contributed by atoms with E-state index in [1.807, 2.05) is 36.4 Å². The molecule has 0 aliphatic heterocycles. The van der Waals surface area contributed by atoms with Crippen LogP contribution in [0.1, 0.15) is 21.6 Å². The van der Waals surface area contributed by atoms with Gasteiger partial charge in [-0.15, -0.1) is 0 Å². The van der Waals surface area contributed by atoms with Crippen LogP contribution in [0.4, 0.5) is 5.69 Å². The van der Waals surface area contributed by atoms with Crippen molar-refractivity contribution in [3.8, 4) is 17.5 Å². The molecular formula is C20H14N6O. The van der Waals surface area contributed by atoms with E-state index in [1.165, 1.54) is 6.20 Å². The highest BCUT2D eigenvalue weighted by atomic mass is 16.1. The summed E-state index contributed by atoms with van der Waals surface area (Å²) >= 11 is 0. The van der Waals surface area contributed by atoms with E-state index in [9.17, 15) is 4.79 Å². The van der Waals surface area contributed by atoms with Crippen molar-refractivity contribution in [3.63, 3.8) is 0 Å². The average molecular weight is 354 g/mol. The summed E-state index contributed by atoms with van der Waals surface area (Å²) in [5.74, 6) is -0.334. The predicted molar refractivity (Wildman–Crippen MR) is 101 cm³/mol. The maximum Gasteiger partial charge on any atom is 0.274 e. The van der Waals surface area contributed by atoms with Gasteiger partial charge in [0.2, 0.25) is 0 Å². The zero-order chi connectivity index (χ0) is 18.8. The Morgan fingerprint density at radius 1 is 1.19 bits per heavy atom. The smallest absolute Gasteiger partial charge is 0.274 e. The van der Waals surface area contributed by atoms with E-state index >= 15 is 0 Å². The second-order valence-corrected chi connectivity index (χ2v) is 6.00. The van der Waals surface area contributed by atoms with Gasteiger partial charge in [0.1, 0.15) is 17.5 Å². The number of H-pyrrole nitrogens is 1. The van der Waals surface area contributed by atoms with Gasteiger partial charge in [-0.1, -0.05) is 6.07 Å². The van der Waals surface area contributed by atoms with Gasteiger partial charge in [-0.2, -0.15) is 10.4 Å². The lowest BCUT2D eigenvalue weighted by Crippen LogP contribution is -2.15. The van der Waals surface area contributed by atoms with Gasteiger partial charge >= 0.3 is 0 Å². The van der Waals surface area contributed by atoms with E-state index in [-0.39, 0.29) is 11.6 Å². The molecule has 0 aliphatic rings. The van der Waals surface area contributed by atoms with Crippen LogP contribution in [-0.2, 0) is 0 Å². The molecule has 2 N–H and O–H groups in total. The Morgan fingerprint density at radius 2 is 2.07 bits per heavy atom. The summed E-state index contributed by atoms with van der Waals surface area (Å²) < 4.78 is 0. The van der Waals surface area contributed by atoms with E-state index in [0.717, 1.165) is 22.3 Å². The van der Waals surface area contributed by atoms with Crippen LogP contribution in [0.3, 0.4) is 0 Å². The average Bonchev–Trinajstić information content (AvgIpc) is 3.11. The summed E-state index contributed by atoms with van der Waals surface area (Å²) in [4.78, 5) is 21.0. The third-order valence-electron chi connectivity index (χ3n) is 4.15. The number of hydrogen-bond acceptors (Lipinski definition) is 5. The van der Waals surface area contributed by atoms with Crippen molar-refractivity contribution in [1.29, 1.82) is 5.26 Å². The van der Waals surface area contributed by atoms with Gasteiger partial charge in [0.05, 0.1) is 16.8 Å². The topological polar surface area (TPSA) is 107 Å². The molecule has 3 heterocycles. The van der Waals surface area contributed by atoms with Gasteiger partial charge < -0.3 is 5.32 Å². The number of rotatable bonds is 3. The normalized spacial score (nSPS) is 10.5. The lowest BCUT2D eigenvalue weighted by Gasteiger charge is -2.07. The fourth-order valence-electron chi connectivity index (χ4n) is 2.85. The molecule has 0 unspecified atom stereocenters. The van der Waals surface area contributed by atoms with Crippen molar-refractivity contribution < 1.29 is 4.79 Å². The summed E-state index contributed by atoms with van der Waals surface area (Å²) in [7, 11) is 0. The largest absolute Gasteiger partial charge is 0.321 e. The Bertz CT molecular complexity index is 1190. The van der Waals surface area contributed by atoms with Crippen molar-refractivity contribution in [1.82, 2.24) is 20.2 Å². The molecule has 0 fully saturated rings. The summed E-state index contributed by atoms with van der Waals surface area (Å²) in [5.41, 5.74) is 4.28. The first-order chi connectivity index (χ1) is 13.2. The number of nitrogens with zero attached hydrogens (tertiary/aromatic N) is 4. The van der Waals surface area contributed by atoms with Crippen LogP contribution >= 0.6 is 0 Å². The number of nitrogens with one attached hydrogen (secondary N) is 2. The summed E-state index contributed by atoms with van der Waals surface area (Å²) in [6.07, 6.45) is 3.10.